The van der Waals surface area contributed by atoms with Gasteiger partial charge in [-0.15, -0.1) is 0 Å². The van der Waals surface area contributed by atoms with Gasteiger partial charge >= 0.3 is 11.9 Å². The van der Waals surface area contributed by atoms with Crippen LogP contribution in [-0.4, -0.2) is 62.6 Å². The fourth-order valence-electron chi connectivity index (χ4n) is 4.16. The summed E-state index contributed by atoms with van der Waals surface area (Å²) >= 11 is 0. The molecule has 2 aliphatic rings. The largest absolute Gasteiger partial charge is 0.480 e. The number of rotatable bonds is 7. The van der Waals surface area contributed by atoms with Crippen LogP contribution >= 0.6 is 0 Å². The number of fused-ring (bicyclic) bond motifs is 1. The van der Waals surface area contributed by atoms with Crippen molar-refractivity contribution in [2.24, 2.45) is 5.92 Å². The highest BCUT2D eigenvalue weighted by molar-refractivity contribution is 5.88. The third-order valence-corrected chi connectivity index (χ3v) is 5.32. The Morgan fingerprint density at radius 1 is 1.20 bits per heavy atom. The summed E-state index contributed by atoms with van der Waals surface area (Å²) in [6.45, 7) is 3.51. The number of nitrogens with zero attached hydrogens (tertiary/aromatic N) is 1. The van der Waals surface area contributed by atoms with E-state index >= 15 is 0 Å². The molecule has 1 saturated carbocycles. The zero-order valence-corrected chi connectivity index (χ0v) is 14.9. The molecule has 0 bridgehead atoms. The van der Waals surface area contributed by atoms with Crippen LogP contribution in [0.1, 0.15) is 58.8 Å². The van der Waals surface area contributed by atoms with Gasteiger partial charge in [0.1, 0.15) is 12.1 Å². The van der Waals surface area contributed by atoms with Gasteiger partial charge in [0.25, 0.3) is 0 Å². The molecule has 25 heavy (non-hydrogen) atoms. The van der Waals surface area contributed by atoms with Gasteiger partial charge in [-0.25, -0.2) is 4.79 Å². The normalized spacial score (nSPS) is 27.8. The van der Waals surface area contributed by atoms with Crippen LogP contribution < -0.4 is 5.32 Å². The van der Waals surface area contributed by atoms with E-state index < -0.39 is 30.1 Å². The standard InChI is InChI=1S/C17H28N2O5.H2O/c1-3-6-12(16(21)22)18-10(2)15(20)19-13-8-5-4-7-11(13)9-14(19)17(23)24;/h10-14,18H,3-9H2,1-2H3,(H,21,22)(H,23,24);1H2. The first-order valence-corrected chi connectivity index (χ1v) is 8.90. The lowest BCUT2D eigenvalue weighted by atomic mass is 9.84. The van der Waals surface area contributed by atoms with Crippen molar-refractivity contribution in [3.05, 3.63) is 0 Å². The first-order chi connectivity index (χ1) is 11.4. The summed E-state index contributed by atoms with van der Waals surface area (Å²) in [5, 5.41) is 21.6. The van der Waals surface area contributed by atoms with Gasteiger partial charge < -0.3 is 20.6 Å². The number of hydrogen-bond acceptors (Lipinski definition) is 4. The van der Waals surface area contributed by atoms with Crippen molar-refractivity contribution in [3.63, 3.8) is 0 Å². The quantitative estimate of drug-likeness (QED) is 0.610. The van der Waals surface area contributed by atoms with E-state index in [0.29, 0.717) is 19.3 Å². The first-order valence-electron chi connectivity index (χ1n) is 8.90. The summed E-state index contributed by atoms with van der Waals surface area (Å²) < 4.78 is 0. The fraction of sp³-hybridized carbons (Fsp3) is 0.824. The van der Waals surface area contributed by atoms with Gasteiger partial charge in [0.05, 0.1) is 6.04 Å². The Bertz CT molecular complexity index is 498. The van der Waals surface area contributed by atoms with Gasteiger partial charge in [0, 0.05) is 6.04 Å². The lowest BCUT2D eigenvalue weighted by molar-refractivity contribution is -0.151. The number of hydrogen-bond donors (Lipinski definition) is 3. The van der Waals surface area contributed by atoms with Gasteiger partial charge in [-0.1, -0.05) is 26.2 Å². The van der Waals surface area contributed by atoms with Crippen LogP contribution in [0.3, 0.4) is 0 Å². The molecule has 1 aliphatic carbocycles. The Morgan fingerprint density at radius 2 is 1.84 bits per heavy atom. The van der Waals surface area contributed by atoms with Crippen molar-refractivity contribution in [2.45, 2.75) is 83.0 Å². The monoisotopic (exact) mass is 358 g/mol. The molecule has 5 atom stereocenters. The third kappa shape index (κ3) is 4.70. The number of amides is 1. The third-order valence-electron chi connectivity index (χ3n) is 5.32. The average Bonchev–Trinajstić information content (AvgIpc) is 2.93. The molecule has 0 aromatic heterocycles. The van der Waals surface area contributed by atoms with Crippen molar-refractivity contribution in [3.8, 4) is 0 Å². The van der Waals surface area contributed by atoms with Crippen molar-refractivity contribution in [2.75, 3.05) is 0 Å². The van der Waals surface area contributed by atoms with Gasteiger partial charge in [0.15, 0.2) is 0 Å². The SMILES string of the molecule is CCCC(NC(C)C(=O)N1C(C(=O)O)CC2CCCCC21)C(=O)O.O. The van der Waals surface area contributed by atoms with Gasteiger partial charge in [-0.05, 0) is 38.5 Å². The van der Waals surface area contributed by atoms with Crippen molar-refractivity contribution >= 4 is 17.8 Å². The summed E-state index contributed by atoms with van der Waals surface area (Å²) in [6, 6.07) is -2.31. The van der Waals surface area contributed by atoms with Crippen LogP contribution in [0.15, 0.2) is 0 Å². The smallest absolute Gasteiger partial charge is 0.326 e. The average molecular weight is 358 g/mol. The molecule has 8 heteroatoms. The predicted molar refractivity (Wildman–Crippen MR) is 91.2 cm³/mol. The molecule has 1 amide bonds. The molecule has 5 N–H and O–H groups in total. The summed E-state index contributed by atoms with van der Waals surface area (Å²) in [5.41, 5.74) is 0. The number of nitrogens with one attached hydrogen (secondary N) is 1. The molecular formula is C17H30N2O6. The highest BCUT2D eigenvalue weighted by Gasteiger charge is 2.48. The van der Waals surface area contributed by atoms with Crippen LogP contribution in [0.2, 0.25) is 0 Å². The number of carboxylic acids is 2. The topological polar surface area (TPSA) is 138 Å². The maximum absolute atomic E-state index is 12.9. The molecule has 1 heterocycles. The molecule has 144 valence electrons. The Morgan fingerprint density at radius 3 is 2.40 bits per heavy atom. The number of likely N-dealkylation sites (tertiary alicyclic amines) is 1. The molecule has 1 aliphatic heterocycles. The minimum atomic E-state index is -0.983. The summed E-state index contributed by atoms with van der Waals surface area (Å²) in [5.74, 6) is -1.99. The molecule has 0 aromatic carbocycles. The van der Waals surface area contributed by atoms with Crippen molar-refractivity contribution < 1.29 is 30.1 Å². The Balaban J connectivity index is 0.00000312. The molecular weight excluding hydrogens is 328 g/mol. The van der Waals surface area contributed by atoms with E-state index in [2.05, 4.69) is 5.32 Å². The lowest BCUT2D eigenvalue weighted by Crippen LogP contribution is -2.55. The summed E-state index contributed by atoms with van der Waals surface area (Å²) in [6.07, 6.45) is 5.53. The first kappa shape index (κ1) is 21.4. The fourth-order valence-corrected chi connectivity index (χ4v) is 4.16. The van der Waals surface area contributed by atoms with Crippen LogP contribution in [0.4, 0.5) is 0 Å². The van der Waals surface area contributed by atoms with E-state index in [4.69, 9.17) is 0 Å². The Labute approximate surface area is 147 Å². The Kier molecular flexibility index (Phi) is 7.82. The maximum atomic E-state index is 12.9. The highest BCUT2D eigenvalue weighted by Crippen LogP contribution is 2.40. The molecule has 0 radical (unpaired) electrons. The molecule has 0 aromatic rings. The van der Waals surface area contributed by atoms with Gasteiger partial charge in [0.2, 0.25) is 5.91 Å². The minimum Gasteiger partial charge on any atom is -0.480 e. The van der Waals surface area contributed by atoms with E-state index in [1.165, 1.54) is 4.90 Å². The van der Waals surface area contributed by atoms with E-state index in [9.17, 15) is 24.6 Å². The number of aliphatic carboxylic acids is 2. The second-order valence-electron chi connectivity index (χ2n) is 7.01. The van der Waals surface area contributed by atoms with E-state index in [-0.39, 0.29) is 23.3 Å². The van der Waals surface area contributed by atoms with Crippen LogP contribution in [0.25, 0.3) is 0 Å². The second-order valence-corrected chi connectivity index (χ2v) is 7.01. The van der Waals surface area contributed by atoms with E-state index in [1.807, 2.05) is 6.92 Å². The second kappa shape index (κ2) is 9.15. The van der Waals surface area contributed by atoms with E-state index in [0.717, 1.165) is 25.7 Å². The summed E-state index contributed by atoms with van der Waals surface area (Å²) in [7, 11) is 0. The summed E-state index contributed by atoms with van der Waals surface area (Å²) in [4.78, 5) is 37.3. The van der Waals surface area contributed by atoms with Crippen LogP contribution in [-0.2, 0) is 14.4 Å². The predicted octanol–water partition coefficient (Wildman–Crippen LogP) is 0.637. The highest BCUT2D eigenvalue weighted by atomic mass is 16.4. The van der Waals surface area contributed by atoms with Crippen molar-refractivity contribution in [1.82, 2.24) is 10.2 Å². The lowest BCUT2D eigenvalue weighted by Gasteiger charge is -2.35. The van der Waals surface area contributed by atoms with Crippen LogP contribution in [0.5, 0.6) is 0 Å². The Hall–Kier alpha value is -1.67. The molecule has 0 spiro atoms. The zero-order valence-electron chi connectivity index (χ0n) is 14.9. The zero-order chi connectivity index (χ0) is 17.9. The van der Waals surface area contributed by atoms with Crippen LogP contribution in [0, 0.1) is 5.92 Å². The molecule has 5 unspecified atom stereocenters. The van der Waals surface area contributed by atoms with Gasteiger partial charge in [-0.2, -0.15) is 0 Å². The number of carboxylic acid groups (broad SMARTS) is 2. The number of carbonyl (C=O) groups is 3. The molecule has 2 rings (SSSR count). The van der Waals surface area contributed by atoms with E-state index in [1.54, 1.807) is 6.92 Å². The molecule has 8 nitrogen and oxygen atoms in total. The molecule has 1 saturated heterocycles. The molecule has 2 fully saturated rings. The maximum Gasteiger partial charge on any atom is 0.326 e. The van der Waals surface area contributed by atoms with Crippen molar-refractivity contribution in [1.29, 1.82) is 0 Å². The van der Waals surface area contributed by atoms with Gasteiger partial charge in [-0.3, -0.25) is 14.9 Å². The number of carbonyl (C=O) groups excluding carboxylic acids is 1. The minimum absolute atomic E-state index is 0.